The van der Waals surface area contributed by atoms with E-state index in [0.717, 1.165) is 36.1 Å². The van der Waals surface area contributed by atoms with Crippen LogP contribution in [0.25, 0.3) is 0 Å². The number of aryl methyl sites for hydroxylation is 2. The lowest BCUT2D eigenvalue weighted by Crippen LogP contribution is -2.39. The minimum Gasteiger partial charge on any atom is -0.343 e. The number of hydrogen-bond acceptors (Lipinski definition) is 4. The van der Waals surface area contributed by atoms with Gasteiger partial charge in [-0.2, -0.15) is 4.98 Å². The first kappa shape index (κ1) is 13.8. The van der Waals surface area contributed by atoms with Crippen molar-refractivity contribution in [3.63, 3.8) is 0 Å². The lowest BCUT2D eigenvalue weighted by molar-refractivity contribution is 0.0703. The van der Waals surface area contributed by atoms with Crippen LogP contribution in [0.1, 0.15) is 46.1 Å². The lowest BCUT2D eigenvalue weighted by atomic mass is 9.96. The fraction of sp³-hybridized carbons (Fsp3) is 0.438. The maximum atomic E-state index is 12.7. The molecule has 1 fully saturated rings. The molecule has 1 aromatic heterocycles. The van der Waals surface area contributed by atoms with Crippen LogP contribution in [-0.2, 0) is 0 Å². The Morgan fingerprint density at radius 3 is 2.71 bits per heavy atom. The van der Waals surface area contributed by atoms with E-state index >= 15 is 0 Å². The molecule has 1 aromatic carbocycles. The molecule has 1 atom stereocenters. The van der Waals surface area contributed by atoms with E-state index in [4.69, 9.17) is 4.52 Å². The highest BCUT2D eigenvalue weighted by atomic mass is 16.5. The Hall–Kier alpha value is -2.17. The van der Waals surface area contributed by atoms with Gasteiger partial charge in [-0.05, 0) is 38.8 Å². The second-order valence-electron chi connectivity index (χ2n) is 5.76. The number of carbonyl (C=O) groups excluding carboxylic acids is 1. The summed E-state index contributed by atoms with van der Waals surface area (Å²) in [6, 6.07) is 5.98. The molecule has 0 aliphatic carbocycles. The van der Waals surface area contributed by atoms with Gasteiger partial charge in [-0.1, -0.05) is 22.3 Å². The molecule has 2 heterocycles. The molecule has 1 unspecified atom stereocenters. The summed E-state index contributed by atoms with van der Waals surface area (Å²) in [5.41, 5.74) is 3.00. The molecule has 2 aromatic rings. The minimum atomic E-state index is 0.0926. The van der Waals surface area contributed by atoms with E-state index in [1.165, 1.54) is 6.39 Å². The van der Waals surface area contributed by atoms with Gasteiger partial charge < -0.3 is 9.42 Å². The highest BCUT2D eigenvalue weighted by molar-refractivity contribution is 5.94. The quantitative estimate of drug-likeness (QED) is 0.851. The van der Waals surface area contributed by atoms with Gasteiger partial charge in [-0.25, -0.2) is 0 Å². The van der Waals surface area contributed by atoms with Gasteiger partial charge in [0.2, 0.25) is 6.39 Å². The van der Waals surface area contributed by atoms with Crippen LogP contribution in [0.2, 0.25) is 0 Å². The molecule has 0 radical (unpaired) electrons. The first-order valence-electron chi connectivity index (χ1n) is 7.27. The summed E-state index contributed by atoms with van der Waals surface area (Å²) in [6.45, 7) is 5.48. The first-order valence-corrected chi connectivity index (χ1v) is 7.27. The van der Waals surface area contributed by atoms with Crippen LogP contribution in [-0.4, -0.2) is 34.0 Å². The van der Waals surface area contributed by atoms with E-state index in [1.54, 1.807) is 0 Å². The number of hydrogen-bond donors (Lipinski definition) is 0. The fourth-order valence-electron chi connectivity index (χ4n) is 3.01. The Labute approximate surface area is 124 Å². The SMILES string of the molecule is Cc1cc(C)cc(C(=O)N2CCCC(c3ncon3)C2)c1. The van der Waals surface area contributed by atoms with Crippen LogP contribution in [0, 0.1) is 13.8 Å². The predicted octanol–water partition coefficient (Wildman–Crippen LogP) is 2.71. The molecule has 21 heavy (non-hydrogen) atoms. The van der Waals surface area contributed by atoms with E-state index in [9.17, 15) is 4.79 Å². The Morgan fingerprint density at radius 1 is 1.29 bits per heavy atom. The second kappa shape index (κ2) is 5.68. The number of carbonyl (C=O) groups is 1. The van der Waals surface area contributed by atoms with E-state index in [0.29, 0.717) is 12.4 Å². The molecular formula is C16H19N3O2. The first-order chi connectivity index (χ1) is 10.1. The molecule has 0 bridgehead atoms. The number of amides is 1. The average molecular weight is 285 g/mol. The zero-order chi connectivity index (χ0) is 14.8. The van der Waals surface area contributed by atoms with Crippen LogP contribution in [0.3, 0.4) is 0 Å². The second-order valence-corrected chi connectivity index (χ2v) is 5.76. The van der Waals surface area contributed by atoms with Crippen LogP contribution in [0.5, 0.6) is 0 Å². The maximum absolute atomic E-state index is 12.7. The summed E-state index contributed by atoms with van der Waals surface area (Å²) >= 11 is 0. The summed E-state index contributed by atoms with van der Waals surface area (Å²) in [4.78, 5) is 18.7. The van der Waals surface area contributed by atoms with Crippen molar-refractivity contribution in [1.82, 2.24) is 15.0 Å². The third kappa shape index (κ3) is 2.96. The number of nitrogens with zero attached hydrogens (tertiary/aromatic N) is 3. The number of benzene rings is 1. The molecule has 1 saturated heterocycles. The zero-order valence-corrected chi connectivity index (χ0v) is 12.4. The predicted molar refractivity (Wildman–Crippen MR) is 78.1 cm³/mol. The molecule has 110 valence electrons. The Bertz CT molecular complexity index is 617. The molecule has 1 aliphatic rings. The largest absolute Gasteiger partial charge is 0.343 e. The molecule has 1 aliphatic heterocycles. The standard InChI is InChI=1S/C16H19N3O2/c1-11-6-12(2)8-14(7-11)16(20)19-5-3-4-13(9-19)15-17-10-21-18-15/h6-8,10,13H,3-5,9H2,1-2H3. The normalized spacial score (nSPS) is 18.8. The number of aromatic nitrogens is 2. The van der Waals surface area contributed by atoms with Gasteiger partial charge in [0.25, 0.3) is 5.91 Å². The number of likely N-dealkylation sites (tertiary alicyclic amines) is 1. The minimum absolute atomic E-state index is 0.0926. The molecule has 0 saturated carbocycles. The van der Waals surface area contributed by atoms with E-state index in [-0.39, 0.29) is 11.8 Å². The highest BCUT2D eigenvalue weighted by Gasteiger charge is 2.27. The van der Waals surface area contributed by atoms with Crippen LogP contribution < -0.4 is 0 Å². The van der Waals surface area contributed by atoms with Crippen LogP contribution in [0.15, 0.2) is 29.1 Å². The van der Waals surface area contributed by atoms with Crippen molar-refractivity contribution in [3.05, 3.63) is 47.1 Å². The molecule has 3 rings (SSSR count). The van der Waals surface area contributed by atoms with Gasteiger partial charge in [0, 0.05) is 24.6 Å². The van der Waals surface area contributed by atoms with Crippen LogP contribution in [0.4, 0.5) is 0 Å². The molecule has 1 amide bonds. The van der Waals surface area contributed by atoms with Crippen molar-refractivity contribution in [3.8, 4) is 0 Å². The van der Waals surface area contributed by atoms with Crippen molar-refractivity contribution in [2.45, 2.75) is 32.6 Å². The van der Waals surface area contributed by atoms with Crippen molar-refractivity contribution < 1.29 is 9.32 Å². The van der Waals surface area contributed by atoms with Gasteiger partial charge in [-0.15, -0.1) is 0 Å². The van der Waals surface area contributed by atoms with Gasteiger partial charge in [0.15, 0.2) is 5.82 Å². The topological polar surface area (TPSA) is 59.2 Å². The lowest BCUT2D eigenvalue weighted by Gasteiger charge is -2.31. The summed E-state index contributed by atoms with van der Waals surface area (Å²) in [5.74, 6) is 0.968. The highest BCUT2D eigenvalue weighted by Crippen LogP contribution is 2.25. The van der Waals surface area contributed by atoms with Gasteiger partial charge >= 0.3 is 0 Å². The van der Waals surface area contributed by atoms with Gasteiger partial charge in [0.1, 0.15) is 0 Å². The Balaban J connectivity index is 1.78. The number of rotatable bonds is 2. The summed E-state index contributed by atoms with van der Waals surface area (Å²) in [6.07, 6.45) is 3.31. The van der Waals surface area contributed by atoms with Crippen molar-refractivity contribution in [2.75, 3.05) is 13.1 Å². The number of piperidine rings is 1. The summed E-state index contributed by atoms with van der Waals surface area (Å²) < 4.78 is 4.81. The molecule has 5 nitrogen and oxygen atoms in total. The Kier molecular flexibility index (Phi) is 3.73. The fourth-order valence-corrected chi connectivity index (χ4v) is 3.01. The van der Waals surface area contributed by atoms with Crippen molar-refractivity contribution in [2.24, 2.45) is 0 Å². The molecule has 5 heteroatoms. The molecular weight excluding hydrogens is 266 g/mol. The molecule has 0 spiro atoms. The average Bonchev–Trinajstić information content (AvgIpc) is 3.00. The third-order valence-electron chi connectivity index (χ3n) is 3.92. The monoisotopic (exact) mass is 285 g/mol. The van der Waals surface area contributed by atoms with Crippen LogP contribution >= 0.6 is 0 Å². The molecule has 0 N–H and O–H groups in total. The smallest absolute Gasteiger partial charge is 0.253 e. The van der Waals surface area contributed by atoms with E-state index in [2.05, 4.69) is 16.2 Å². The van der Waals surface area contributed by atoms with Gasteiger partial charge in [-0.3, -0.25) is 4.79 Å². The summed E-state index contributed by atoms with van der Waals surface area (Å²) in [5, 5.41) is 3.91. The van der Waals surface area contributed by atoms with Crippen molar-refractivity contribution in [1.29, 1.82) is 0 Å². The third-order valence-corrected chi connectivity index (χ3v) is 3.92. The summed E-state index contributed by atoms with van der Waals surface area (Å²) in [7, 11) is 0. The zero-order valence-electron chi connectivity index (χ0n) is 12.4. The van der Waals surface area contributed by atoms with E-state index in [1.807, 2.05) is 30.9 Å². The van der Waals surface area contributed by atoms with Gasteiger partial charge in [0.05, 0.1) is 0 Å². The maximum Gasteiger partial charge on any atom is 0.253 e. The Morgan fingerprint density at radius 2 is 2.05 bits per heavy atom. The van der Waals surface area contributed by atoms with Crippen molar-refractivity contribution >= 4 is 5.91 Å². The van der Waals surface area contributed by atoms with E-state index < -0.39 is 0 Å².